The standard InChI is InChI=1S/C45H57NO13/c1-23-15-17-26(18-16-23)32(46-40(54)59-41(4,5)6)34(50)39(53)56-29-22-45(55)37(57-38(52)27-13-11-10-12-14-27)35-43(9,36(51)33(49)31(24(29)2)42(45,7)8)30(48)21-28-19-20-44(28,35)58-25(3)47/h10-18,28-30,32-35,37,48-50,55H,19-22H2,1-9H3,(H,46,54)/t28-,29+,30+,32+,33-,34-,35+,37+,43-,44+,45-/m1/s1. The number of hydrogen-bond acceptors (Lipinski definition) is 13. The van der Waals surface area contributed by atoms with Crippen LogP contribution < -0.4 is 5.32 Å². The summed E-state index contributed by atoms with van der Waals surface area (Å²) in [7, 11) is 0. The number of aliphatic hydroxyl groups is 4. The maximum atomic E-state index is 15.0. The summed E-state index contributed by atoms with van der Waals surface area (Å²) in [5.74, 6) is -5.53. The first kappa shape index (κ1) is 43.9. The van der Waals surface area contributed by atoms with Crippen LogP contribution in [0.15, 0.2) is 65.7 Å². The molecule has 0 spiro atoms. The number of aryl methyl sites for hydroxylation is 1. The molecule has 3 saturated carbocycles. The maximum Gasteiger partial charge on any atom is 0.408 e. The molecule has 6 rings (SSSR count). The zero-order valence-electron chi connectivity index (χ0n) is 35.1. The van der Waals surface area contributed by atoms with Crippen LogP contribution in [0.1, 0.15) is 109 Å². The molecule has 4 aliphatic rings. The van der Waals surface area contributed by atoms with E-state index in [1.165, 1.54) is 32.9 Å². The molecule has 2 bridgehead atoms. The first-order valence-corrected chi connectivity index (χ1v) is 20.1. The normalized spacial score (nSPS) is 33.3. The van der Waals surface area contributed by atoms with Crippen LogP contribution >= 0.6 is 0 Å². The molecule has 11 atom stereocenters. The van der Waals surface area contributed by atoms with Crippen LogP contribution in [0.2, 0.25) is 0 Å². The molecule has 0 aliphatic heterocycles. The molecule has 0 radical (unpaired) electrons. The van der Waals surface area contributed by atoms with Crippen molar-refractivity contribution in [1.82, 2.24) is 5.32 Å². The number of rotatable bonds is 8. The number of carbonyl (C=O) groups is 5. The van der Waals surface area contributed by atoms with Crippen molar-refractivity contribution < 1.29 is 63.3 Å². The van der Waals surface area contributed by atoms with Gasteiger partial charge in [0.1, 0.15) is 35.1 Å². The van der Waals surface area contributed by atoms with Crippen molar-refractivity contribution in [3.8, 4) is 0 Å². The number of carbonyl (C=O) groups excluding carboxylic acids is 5. The van der Waals surface area contributed by atoms with E-state index in [2.05, 4.69) is 5.32 Å². The van der Waals surface area contributed by atoms with E-state index in [-0.39, 0.29) is 29.6 Å². The van der Waals surface area contributed by atoms with Crippen LogP contribution in [-0.4, -0.2) is 97.5 Å². The number of alkyl carbamates (subject to hydrolysis) is 1. The van der Waals surface area contributed by atoms with E-state index in [1.54, 1.807) is 77.1 Å². The van der Waals surface area contributed by atoms with Gasteiger partial charge in [-0.25, -0.2) is 14.4 Å². The first-order chi connectivity index (χ1) is 27.4. The zero-order chi connectivity index (χ0) is 43.6. The first-order valence-electron chi connectivity index (χ1n) is 20.1. The molecule has 3 fully saturated rings. The highest BCUT2D eigenvalue weighted by Gasteiger charge is 2.77. The third kappa shape index (κ3) is 7.46. The number of ether oxygens (including phenoxy) is 4. The van der Waals surface area contributed by atoms with E-state index in [4.69, 9.17) is 18.9 Å². The van der Waals surface area contributed by atoms with Gasteiger partial charge in [-0.05, 0) is 89.6 Å². The highest BCUT2D eigenvalue weighted by Crippen LogP contribution is 2.67. The predicted octanol–water partition coefficient (Wildman–Crippen LogP) is 4.58. The Balaban J connectivity index is 1.49. The minimum absolute atomic E-state index is 0.0320. The van der Waals surface area contributed by atoms with Gasteiger partial charge in [-0.3, -0.25) is 9.59 Å². The maximum absolute atomic E-state index is 15.0. The van der Waals surface area contributed by atoms with Crippen LogP contribution in [0, 0.1) is 29.6 Å². The van der Waals surface area contributed by atoms with Crippen LogP contribution in [0.4, 0.5) is 4.79 Å². The Morgan fingerprint density at radius 1 is 0.932 bits per heavy atom. The van der Waals surface area contributed by atoms with Crippen molar-refractivity contribution in [2.45, 2.75) is 141 Å². The molecule has 14 heteroatoms. The lowest BCUT2D eigenvalue weighted by Crippen LogP contribution is -2.78. The number of esters is 3. The summed E-state index contributed by atoms with van der Waals surface area (Å²) in [5.41, 5.74) is -6.76. The van der Waals surface area contributed by atoms with Gasteiger partial charge in [-0.2, -0.15) is 0 Å². The summed E-state index contributed by atoms with van der Waals surface area (Å²) in [6.07, 6.45) is -9.23. The Morgan fingerprint density at radius 3 is 2.12 bits per heavy atom. The van der Waals surface area contributed by atoms with Crippen molar-refractivity contribution in [2.24, 2.45) is 22.7 Å². The highest BCUT2D eigenvalue weighted by molar-refractivity contribution is 5.94. The minimum Gasteiger partial charge on any atom is -0.458 e. The van der Waals surface area contributed by atoms with Crippen LogP contribution in [-0.2, 0) is 33.3 Å². The fourth-order valence-corrected chi connectivity index (χ4v) is 10.2. The number of aliphatic hydroxyl groups excluding tert-OH is 3. The Kier molecular flexibility index (Phi) is 11.5. The third-order valence-electron chi connectivity index (χ3n) is 13.4. The van der Waals surface area contributed by atoms with Gasteiger partial charge in [0.2, 0.25) is 0 Å². The largest absolute Gasteiger partial charge is 0.458 e. The number of hydrogen-bond donors (Lipinski definition) is 5. The van der Waals surface area contributed by atoms with Gasteiger partial charge in [0.15, 0.2) is 11.9 Å². The molecule has 320 valence electrons. The number of benzene rings is 2. The third-order valence-corrected chi connectivity index (χ3v) is 13.4. The van der Waals surface area contributed by atoms with Crippen molar-refractivity contribution in [1.29, 1.82) is 0 Å². The Bertz CT molecular complexity index is 2020. The predicted molar refractivity (Wildman–Crippen MR) is 211 cm³/mol. The quantitative estimate of drug-likeness (QED) is 0.140. The van der Waals surface area contributed by atoms with Gasteiger partial charge in [0.25, 0.3) is 0 Å². The Hall–Kier alpha value is -4.63. The number of amides is 1. The molecule has 5 N–H and O–H groups in total. The topological polar surface area (TPSA) is 215 Å². The van der Waals surface area contributed by atoms with Gasteiger partial charge >= 0.3 is 24.0 Å². The van der Waals surface area contributed by atoms with Gasteiger partial charge in [0.05, 0.1) is 29.0 Å². The van der Waals surface area contributed by atoms with E-state index in [0.717, 1.165) is 5.56 Å². The van der Waals surface area contributed by atoms with Crippen molar-refractivity contribution in [3.63, 3.8) is 0 Å². The lowest BCUT2D eigenvalue weighted by Gasteiger charge is -2.68. The molecule has 59 heavy (non-hydrogen) atoms. The lowest BCUT2D eigenvalue weighted by molar-refractivity contribution is -0.296. The molecule has 14 nitrogen and oxygen atoms in total. The second kappa shape index (κ2) is 15.4. The average molecular weight is 820 g/mol. The van der Waals surface area contributed by atoms with E-state index < -0.39 is 112 Å². The molecule has 1 amide bonds. The van der Waals surface area contributed by atoms with Gasteiger partial charge in [-0.15, -0.1) is 0 Å². The summed E-state index contributed by atoms with van der Waals surface area (Å²) >= 11 is 0. The van der Waals surface area contributed by atoms with Crippen LogP contribution in [0.5, 0.6) is 0 Å². The molecular formula is C45H57NO13. The zero-order valence-corrected chi connectivity index (χ0v) is 35.1. The number of fused-ring (bicyclic) bond motifs is 5. The molecule has 0 saturated heterocycles. The van der Waals surface area contributed by atoms with Gasteiger partial charge in [-0.1, -0.05) is 61.9 Å². The van der Waals surface area contributed by atoms with Crippen LogP contribution in [0.3, 0.4) is 0 Å². The molecular weight excluding hydrogens is 762 g/mol. The lowest BCUT2D eigenvalue weighted by atomic mass is 9.41. The van der Waals surface area contributed by atoms with Crippen LogP contribution in [0.25, 0.3) is 0 Å². The van der Waals surface area contributed by atoms with E-state index in [1.807, 2.05) is 6.92 Å². The molecule has 0 heterocycles. The number of ketones is 1. The van der Waals surface area contributed by atoms with E-state index in [9.17, 15) is 39.6 Å². The van der Waals surface area contributed by atoms with E-state index in [0.29, 0.717) is 12.0 Å². The number of nitrogens with one attached hydrogen (secondary N) is 1. The summed E-state index contributed by atoms with van der Waals surface area (Å²) in [6.45, 7) is 14.2. The summed E-state index contributed by atoms with van der Waals surface area (Å²) in [6, 6.07) is 13.3. The average Bonchev–Trinajstić information content (AvgIpc) is 3.15. The minimum atomic E-state index is -2.30. The fourth-order valence-electron chi connectivity index (χ4n) is 10.2. The monoisotopic (exact) mass is 819 g/mol. The second-order valence-corrected chi connectivity index (χ2v) is 18.5. The SMILES string of the molecule is CC(=O)O[C@@]12CC[C@@H]1C[C@H](O)[C@@]1(C)C(=O)[C@H](O)C3=C(C)[C@@H](OC(=O)[C@H](O)[C@@H](NC(=O)OC(C)(C)C)c4ccc(C)cc4)C[C@@](O)([C@@H](OC(=O)c4ccccc4)[C@H]21)C3(C)C. The molecule has 0 aromatic heterocycles. The highest BCUT2D eigenvalue weighted by atomic mass is 16.6. The van der Waals surface area contributed by atoms with Crippen molar-refractivity contribution in [2.75, 3.05) is 0 Å². The molecule has 4 aliphatic carbocycles. The summed E-state index contributed by atoms with van der Waals surface area (Å²) in [5, 5.41) is 51.9. The van der Waals surface area contributed by atoms with E-state index >= 15 is 4.79 Å². The van der Waals surface area contributed by atoms with Gasteiger partial charge in [0, 0.05) is 24.7 Å². The smallest absolute Gasteiger partial charge is 0.408 e. The second-order valence-electron chi connectivity index (χ2n) is 18.5. The molecule has 2 aromatic rings. The van der Waals surface area contributed by atoms with Gasteiger partial charge < -0.3 is 44.7 Å². The van der Waals surface area contributed by atoms with Crippen molar-refractivity contribution in [3.05, 3.63) is 82.4 Å². The molecule has 0 unspecified atom stereocenters. The Morgan fingerprint density at radius 2 is 1.56 bits per heavy atom. The van der Waals surface area contributed by atoms with Crippen molar-refractivity contribution >= 4 is 29.8 Å². The summed E-state index contributed by atoms with van der Waals surface area (Å²) < 4.78 is 24.0. The summed E-state index contributed by atoms with van der Waals surface area (Å²) in [4.78, 5) is 69.3. The molecule has 2 aromatic carbocycles. The number of Topliss-reactive ketones (excluding diaryl/α,β-unsaturated/α-hetero) is 1. The Labute approximate surface area is 344 Å². The fraction of sp³-hybridized carbons (Fsp3) is 0.578.